The third-order valence-electron chi connectivity index (χ3n) is 3.53. The Morgan fingerprint density at radius 1 is 1.14 bits per heavy atom. The average molecular weight is 414 g/mol. The van der Waals surface area contributed by atoms with E-state index in [1.807, 2.05) is 6.07 Å². The summed E-state index contributed by atoms with van der Waals surface area (Å²) in [4.78, 5) is -0.204. The monoisotopic (exact) mass is 414 g/mol. The Kier molecular flexibility index (Phi) is 6.88. The van der Waals surface area contributed by atoms with Crippen molar-refractivity contribution in [1.82, 2.24) is 4.72 Å². The number of hydrogen-bond donors (Lipinski definition) is 1. The Morgan fingerprint density at radius 2 is 1.82 bits per heavy atom. The number of rotatable bonds is 8. The van der Waals surface area contributed by atoms with Gasteiger partial charge in [0, 0.05) is 6.54 Å². The Balaban J connectivity index is 2.04. The second kappa shape index (κ2) is 8.95. The largest absolute Gasteiger partial charge is 0.573 e. The molecule has 0 aromatic heterocycles. The van der Waals surface area contributed by atoms with Crippen molar-refractivity contribution >= 4 is 10.0 Å². The van der Waals surface area contributed by atoms with Gasteiger partial charge in [0.15, 0.2) is 6.10 Å². The third-order valence-corrected chi connectivity index (χ3v) is 4.94. The van der Waals surface area contributed by atoms with Crippen molar-refractivity contribution in [2.45, 2.75) is 37.3 Å². The number of hydrogen-bond acceptors (Lipinski definition) is 5. The number of benzene rings is 2. The van der Waals surface area contributed by atoms with Crippen molar-refractivity contribution in [3.05, 3.63) is 54.1 Å². The van der Waals surface area contributed by atoms with Gasteiger partial charge in [-0.1, -0.05) is 19.1 Å². The molecule has 2 aromatic carbocycles. The van der Waals surface area contributed by atoms with Crippen molar-refractivity contribution in [3.63, 3.8) is 0 Å². The van der Waals surface area contributed by atoms with Crippen LogP contribution >= 0.6 is 0 Å². The van der Waals surface area contributed by atoms with Crippen LogP contribution in [0, 0.1) is 11.3 Å². The second-order valence-corrected chi connectivity index (χ2v) is 7.40. The summed E-state index contributed by atoms with van der Waals surface area (Å²) in [5, 5.41) is 8.94. The van der Waals surface area contributed by atoms with Crippen LogP contribution in [-0.4, -0.2) is 20.9 Å². The van der Waals surface area contributed by atoms with E-state index in [0.29, 0.717) is 17.7 Å². The number of alkyl halides is 3. The molecule has 0 aliphatic carbocycles. The Hall–Kier alpha value is -2.77. The van der Waals surface area contributed by atoms with Crippen LogP contribution in [0.5, 0.6) is 11.5 Å². The lowest BCUT2D eigenvalue weighted by Gasteiger charge is -2.12. The molecule has 0 aliphatic rings. The van der Waals surface area contributed by atoms with Crippen molar-refractivity contribution < 1.29 is 31.1 Å². The molecule has 0 aliphatic heterocycles. The van der Waals surface area contributed by atoms with E-state index in [1.54, 1.807) is 31.2 Å². The highest BCUT2D eigenvalue weighted by atomic mass is 32.2. The van der Waals surface area contributed by atoms with Gasteiger partial charge >= 0.3 is 6.36 Å². The zero-order valence-corrected chi connectivity index (χ0v) is 15.5. The molecule has 0 fully saturated rings. The molecule has 0 heterocycles. The SMILES string of the molecule is CC[C@@H](C#N)Oc1cccc(CNS(=O)(=O)c2ccc(OC(F)(F)F)cc2)c1. The average Bonchev–Trinajstić information content (AvgIpc) is 2.64. The van der Waals surface area contributed by atoms with Crippen LogP contribution in [-0.2, 0) is 16.6 Å². The Labute approximate surface area is 160 Å². The van der Waals surface area contributed by atoms with Gasteiger partial charge in [0.2, 0.25) is 10.0 Å². The number of nitrogens with one attached hydrogen (secondary N) is 1. The van der Waals surface area contributed by atoms with Crippen LogP contribution < -0.4 is 14.2 Å². The quantitative estimate of drug-likeness (QED) is 0.711. The number of sulfonamides is 1. The van der Waals surface area contributed by atoms with E-state index < -0.39 is 28.2 Å². The predicted molar refractivity (Wildman–Crippen MR) is 93.9 cm³/mol. The second-order valence-electron chi connectivity index (χ2n) is 5.64. The fraction of sp³-hybridized carbons (Fsp3) is 0.278. The van der Waals surface area contributed by atoms with Gasteiger partial charge in [-0.2, -0.15) is 5.26 Å². The first kappa shape index (κ1) is 21.5. The fourth-order valence-electron chi connectivity index (χ4n) is 2.18. The summed E-state index contributed by atoms with van der Waals surface area (Å²) in [5.74, 6) is -0.0852. The van der Waals surface area contributed by atoms with Crippen LogP contribution in [0.1, 0.15) is 18.9 Å². The number of nitrogens with zero attached hydrogens (tertiary/aromatic N) is 1. The highest BCUT2D eigenvalue weighted by Gasteiger charge is 2.31. The molecule has 0 radical (unpaired) electrons. The van der Waals surface area contributed by atoms with Crippen LogP contribution in [0.3, 0.4) is 0 Å². The van der Waals surface area contributed by atoms with Crippen LogP contribution in [0.2, 0.25) is 0 Å². The first-order valence-electron chi connectivity index (χ1n) is 8.13. The lowest BCUT2D eigenvalue weighted by molar-refractivity contribution is -0.274. The molecule has 6 nitrogen and oxygen atoms in total. The van der Waals surface area contributed by atoms with E-state index in [4.69, 9.17) is 10.00 Å². The molecular weight excluding hydrogens is 397 g/mol. The van der Waals surface area contributed by atoms with Gasteiger partial charge in [-0.25, -0.2) is 13.1 Å². The van der Waals surface area contributed by atoms with Gasteiger partial charge in [-0.15, -0.1) is 13.2 Å². The standard InChI is InChI=1S/C18H17F3N2O4S/c1-2-14(11-22)26-16-5-3-4-13(10-16)12-23-28(24,25)17-8-6-15(7-9-17)27-18(19,20)21/h3-10,14,23H,2,12H2,1H3/t14-/m0/s1. The summed E-state index contributed by atoms with van der Waals surface area (Å²) in [7, 11) is -3.94. The van der Waals surface area contributed by atoms with Crippen molar-refractivity contribution in [2.75, 3.05) is 0 Å². The van der Waals surface area contributed by atoms with E-state index in [1.165, 1.54) is 0 Å². The minimum absolute atomic E-state index is 0.0658. The van der Waals surface area contributed by atoms with Crippen LogP contribution in [0.25, 0.3) is 0 Å². The Bertz CT molecular complexity index is 939. The van der Waals surface area contributed by atoms with Gasteiger partial charge < -0.3 is 9.47 Å². The van der Waals surface area contributed by atoms with Crippen molar-refractivity contribution in [3.8, 4) is 17.6 Å². The molecule has 0 amide bonds. The first-order valence-corrected chi connectivity index (χ1v) is 9.62. The van der Waals surface area contributed by atoms with E-state index in [2.05, 4.69) is 9.46 Å². The van der Waals surface area contributed by atoms with Gasteiger partial charge in [-0.3, -0.25) is 0 Å². The topological polar surface area (TPSA) is 88.4 Å². The minimum atomic E-state index is -4.85. The smallest absolute Gasteiger partial charge is 0.476 e. The van der Waals surface area contributed by atoms with Gasteiger partial charge in [0.05, 0.1) is 4.90 Å². The summed E-state index contributed by atoms with van der Waals surface area (Å²) in [6.07, 6.45) is -4.96. The third kappa shape index (κ3) is 6.44. The summed E-state index contributed by atoms with van der Waals surface area (Å²) in [6.45, 7) is 1.74. The fourth-order valence-corrected chi connectivity index (χ4v) is 3.19. The Morgan fingerprint density at radius 3 is 2.39 bits per heavy atom. The maximum absolute atomic E-state index is 12.3. The number of ether oxygens (including phenoxy) is 2. The molecule has 1 N–H and O–H groups in total. The molecule has 0 bridgehead atoms. The highest BCUT2D eigenvalue weighted by molar-refractivity contribution is 7.89. The summed E-state index contributed by atoms with van der Waals surface area (Å²) in [5.41, 5.74) is 0.589. The highest BCUT2D eigenvalue weighted by Crippen LogP contribution is 2.24. The number of nitriles is 1. The van der Waals surface area contributed by atoms with E-state index >= 15 is 0 Å². The molecule has 2 rings (SSSR count). The zero-order chi connectivity index (χ0) is 20.8. The molecular formula is C18H17F3N2O4S. The molecule has 10 heteroatoms. The zero-order valence-electron chi connectivity index (χ0n) is 14.7. The minimum Gasteiger partial charge on any atom is -0.476 e. The van der Waals surface area contributed by atoms with Gasteiger partial charge in [0.1, 0.15) is 17.6 Å². The molecule has 0 saturated heterocycles. The maximum atomic E-state index is 12.3. The molecule has 150 valence electrons. The van der Waals surface area contributed by atoms with E-state index in [0.717, 1.165) is 24.3 Å². The first-order chi connectivity index (χ1) is 13.1. The summed E-state index contributed by atoms with van der Waals surface area (Å²) < 4.78 is 72.6. The molecule has 2 aromatic rings. The summed E-state index contributed by atoms with van der Waals surface area (Å²) >= 11 is 0. The molecule has 0 unspecified atom stereocenters. The normalized spacial score (nSPS) is 12.8. The van der Waals surface area contributed by atoms with Crippen molar-refractivity contribution in [2.24, 2.45) is 0 Å². The summed E-state index contributed by atoms with van der Waals surface area (Å²) in [6, 6.07) is 12.5. The lowest BCUT2D eigenvalue weighted by Crippen LogP contribution is -2.23. The van der Waals surface area contributed by atoms with Crippen LogP contribution in [0.15, 0.2) is 53.4 Å². The maximum Gasteiger partial charge on any atom is 0.573 e. The van der Waals surface area contributed by atoms with Crippen molar-refractivity contribution in [1.29, 1.82) is 5.26 Å². The molecule has 1 atom stereocenters. The van der Waals surface area contributed by atoms with E-state index in [9.17, 15) is 21.6 Å². The lowest BCUT2D eigenvalue weighted by atomic mass is 10.2. The van der Waals surface area contributed by atoms with Crippen LogP contribution in [0.4, 0.5) is 13.2 Å². The predicted octanol–water partition coefficient (Wildman–Crippen LogP) is 3.74. The number of halogens is 3. The molecule has 28 heavy (non-hydrogen) atoms. The van der Waals surface area contributed by atoms with Gasteiger partial charge in [-0.05, 0) is 48.4 Å². The molecule has 0 spiro atoms. The van der Waals surface area contributed by atoms with Gasteiger partial charge in [0.25, 0.3) is 0 Å². The van der Waals surface area contributed by atoms with E-state index in [-0.39, 0.29) is 11.4 Å². The molecule has 0 saturated carbocycles.